The number of hydrogen-bond acceptors (Lipinski definition) is 6. The van der Waals surface area contributed by atoms with E-state index in [1.807, 2.05) is 18.2 Å². The molecule has 0 saturated carbocycles. The molecule has 0 unspecified atom stereocenters. The second-order valence-electron chi connectivity index (χ2n) is 6.25. The first kappa shape index (κ1) is 21.9. The van der Waals surface area contributed by atoms with Crippen LogP contribution < -0.4 is 5.32 Å². The van der Waals surface area contributed by atoms with Crippen LogP contribution in [-0.4, -0.2) is 41.8 Å². The number of amides is 1. The molecule has 1 aliphatic heterocycles. The number of anilines is 1. The summed E-state index contributed by atoms with van der Waals surface area (Å²) in [5.74, 6) is 0.852. The number of para-hydroxylation sites is 1. The fourth-order valence-corrected chi connectivity index (χ4v) is 6.22. The number of aliphatic imine (C=N–C) groups is 1. The number of fused-ring (bicyclic) bond motifs is 1. The molecule has 0 aromatic heterocycles. The van der Waals surface area contributed by atoms with Crippen LogP contribution in [0, 0.1) is 0 Å². The Hall–Kier alpha value is -1.81. The van der Waals surface area contributed by atoms with Crippen LogP contribution in [0.5, 0.6) is 0 Å². The molecule has 1 heterocycles. The first-order chi connectivity index (χ1) is 13.9. The minimum Gasteiger partial charge on any atom is -0.325 e. The van der Waals surface area contributed by atoms with Crippen LogP contribution in [0.3, 0.4) is 0 Å². The lowest BCUT2D eigenvalue weighted by molar-refractivity contribution is -0.113. The number of benzene rings is 2. The molecule has 0 radical (unpaired) electrons. The maximum atomic E-state index is 12.7. The van der Waals surface area contributed by atoms with Crippen LogP contribution in [0.4, 0.5) is 11.4 Å². The quantitative estimate of drug-likeness (QED) is 0.681. The number of carbonyl (C=O) groups excluding carboxylic acids is 1. The number of hydrogen-bond donors (Lipinski definition) is 1. The van der Waals surface area contributed by atoms with Gasteiger partial charge in [-0.3, -0.25) is 4.79 Å². The highest BCUT2D eigenvalue weighted by atomic mass is 32.2. The van der Waals surface area contributed by atoms with Crippen molar-refractivity contribution in [3.05, 3.63) is 54.1 Å². The van der Waals surface area contributed by atoms with Crippen molar-refractivity contribution in [2.75, 3.05) is 24.2 Å². The molecular formula is C20H23N3O3S3. The van der Waals surface area contributed by atoms with E-state index in [1.165, 1.54) is 27.7 Å². The summed E-state index contributed by atoms with van der Waals surface area (Å²) in [7, 11) is -3.56. The Morgan fingerprint density at radius 1 is 1.17 bits per heavy atom. The van der Waals surface area contributed by atoms with Crippen molar-refractivity contribution in [2.24, 2.45) is 4.99 Å². The number of sulfonamides is 1. The van der Waals surface area contributed by atoms with Crippen LogP contribution in [0.25, 0.3) is 0 Å². The van der Waals surface area contributed by atoms with Crippen molar-refractivity contribution in [3.8, 4) is 0 Å². The topological polar surface area (TPSA) is 78.8 Å². The highest BCUT2D eigenvalue weighted by molar-refractivity contribution is 8.38. The normalized spacial score (nSPS) is 13.7. The second-order valence-corrected chi connectivity index (χ2v) is 10.4. The van der Waals surface area contributed by atoms with Gasteiger partial charge in [0.1, 0.15) is 4.38 Å². The summed E-state index contributed by atoms with van der Waals surface area (Å²) in [4.78, 5) is 17.1. The van der Waals surface area contributed by atoms with E-state index in [-0.39, 0.29) is 16.6 Å². The smallest absolute Gasteiger partial charge is 0.243 e. The van der Waals surface area contributed by atoms with Crippen molar-refractivity contribution >= 4 is 55.2 Å². The van der Waals surface area contributed by atoms with Gasteiger partial charge in [0, 0.05) is 24.5 Å². The van der Waals surface area contributed by atoms with Crippen molar-refractivity contribution in [2.45, 2.75) is 24.5 Å². The van der Waals surface area contributed by atoms with Crippen LogP contribution >= 0.6 is 23.5 Å². The zero-order chi connectivity index (χ0) is 20.9. The summed E-state index contributed by atoms with van der Waals surface area (Å²) in [5, 5.41) is 2.78. The molecule has 154 valence electrons. The molecule has 1 aliphatic rings. The molecule has 2 aromatic carbocycles. The van der Waals surface area contributed by atoms with E-state index in [1.54, 1.807) is 43.8 Å². The van der Waals surface area contributed by atoms with Gasteiger partial charge in [0.25, 0.3) is 0 Å². The SMILES string of the molecule is CCN(CC)S(=O)(=O)c1cccc(NC(=O)CSC2=Nc3ccccc3CS2)c1. The lowest BCUT2D eigenvalue weighted by Crippen LogP contribution is -2.30. The molecule has 29 heavy (non-hydrogen) atoms. The Labute approximate surface area is 180 Å². The summed E-state index contributed by atoms with van der Waals surface area (Å²) < 4.78 is 27.6. The molecule has 0 spiro atoms. The first-order valence-electron chi connectivity index (χ1n) is 9.26. The predicted octanol–water partition coefficient (Wildman–Crippen LogP) is 4.32. The van der Waals surface area contributed by atoms with Gasteiger partial charge in [-0.05, 0) is 29.8 Å². The molecule has 0 bridgehead atoms. The standard InChI is InChI=1S/C20H23N3O3S3/c1-3-23(4-2)29(25,26)17-10-7-9-16(12-17)21-19(24)14-28-20-22-18-11-6-5-8-15(18)13-27-20/h5-12H,3-4,13-14H2,1-2H3,(H,21,24). The van der Waals surface area contributed by atoms with Gasteiger partial charge in [0.05, 0.1) is 16.3 Å². The zero-order valence-corrected chi connectivity index (χ0v) is 18.7. The van der Waals surface area contributed by atoms with Gasteiger partial charge in [0.15, 0.2) is 0 Å². The van der Waals surface area contributed by atoms with E-state index in [2.05, 4.69) is 16.4 Å². The maximum Gasteiger partial charge on any atom is 0.243 e. The number of rotatable bonds is 7. The summed E-state index contributed by atoms with van der Waals surface area (Å²) >= 11 is 3.00. The monoisotopic (exact) mass is 449 g/mol. The summed E-state index contributed by atoms with van der Waals surface area (Å²) in [6, 6.07) is 14.3. The predicted molar refractivity (Wildman–Crippen MR) is 122 cm³/mol. The second kappa shape index (κ2) is 9.80. The molecule has 0 saturated heterocycles. The van der Waals surface area contributed by atoms with Gasteiger partial charge in [-0.1, -0.05) is 61.6 Å². The van der Waals surface area contributed by atoms with E-state index in [0.29, 0.717) is 18.8 Å². The number of nitrogens with one attached hydrogen (secondary N) is 1. The van der Waals surface area contributed by atoms with Crippen molar-refractivity contribution in [3.63, 3.8) is 0 Å². The fourth-order valence-electron chi connectivity index (χ4n) is 2.86. The largest absolute Gasteiger partial charge is 0.325 e. The van der Waals surface area contributed by atoms with E-state index in [4.69, 9.17) is 0 Å². The third kappa shape index (κ3) is 5.42. The van der Waals surface area contributed by atoms with E-state index in [9.17, 15) is 13.2 Å². The van der Waals surface area contributed by atoms with Gasteiger partial charge in [0.2, 0.25) is 15.9 Å². The van der Waals surface area contributed by atoms with Crippen molar-refractivity contribution in [1.82, 2.24) is 4.31 Å². The van der Waals surface area contributed by atoms with Gasteiger partial charge < -0.3 is 5.32 Å². The molecular weight excluding hydrogens is 426 g/mol. The third-order valence-electron chi connectivity index (χ3n) is 4.34. The molecule has 0 aliphatic carbocycles. The minimum atomic E-state index is -3.56. The highest BCUT2D eigenvalue weighted by Gasteiger charge is 2.22. The Kier molecular flexibility index (Phi) is 7.39. The van der Waals surface area contributed by atoms with Gasteiger partial charge in [-0.15, -0.1) is 0 Å². The molecule has 0 atom stereocenters. The van der Waals surface area contributed by atoms with E-state index in [0.717, 1.165) is 15.8 Å². The number of carbonyl (C=O) groups is 1. The highest BCUT2D eigenvalue weighted by Crippen LogP contribution is 2.34. The van der Waals surface area contributed by atoms with Crippen LogP contribution in [0.15, 0.2) is 58.4 Å². The van der Waals surface area contributed by atoms with Crippen molar-refractivity contribution < 1.29 is 13.2 Å². The van der Waals surface area contributed by atoms with Crippen LogP contribution in [-0.2, 0) is 20.6 Å². The summed E-state index contributed by atoms with van der Waals surface area (Å²) in [6.45, 7) is 4.40. The molecule has 1 N–H and O–H groups in total. The Balaban J connectivity index is 1.63. The van der Waals surface area contributed by atoms with Gasteiger partial charge in [-0.25, -0.2) is 13.4 Å². The fraction of sp³-hybridized carbons (Fsp3) is 0.300. The minimum absolute atomic E-state index is 0.176. The molecule has 1 amide bonds. The first-order valence-corrected chi connectivity index (χ1v) is 12.7. The zero-order valence-electron chi connectivity index (χ0n) is 16.3. The molecule has 9 heteroatoms. The molecule has 3 rings (SSSR count). The van der Waals surface area contributed by atoms with E-state index >= 15 is 0 Å². The summed E-state index contributed by atoms with van der Waals surface area (Å²) in [6.07, 6.45) is 0. The third-order valence-corrected chi connectivity index (χ3v) is 8.63. The average Bonchev–Trinajstić information content (AvgIpc) is 2.73. The van der Waals surface area contributed by atoms with Crippen molar-refractivity contribution in [1.29, 1.82) is 0 Å². The average molecular weight is 450 g/mol. The van der Waals surface area contributed by atoms with E-state index < -0.39 is 10.0 Å². The van der Waals surface area contributed by atoms with Crippen LogP contribution in [0.1, 0.15) is 19.4 Å². The molecule has 6 nitrogen and oxygen atoms in total. The number of nitrogens with zero attached hydrogens (tertiary/aromatic N) is 2. The Bertz CT molecular complexity index is 1020. The van der Waals surface area contributed by atoms with Gasteiger partial charge >= 0.3 is 0 Å². The Morgan fingerprint density at radius 2 is 1.93 bits per heavy atom. The number of thioether (sulfide) groups is 2. The van der Waals surface area contributed by atoms with Crippen LogP contribution in [0.2, 0.25) is 0 Å². The summed E-state index contributed by atoms with van der Waals surface area (Å²) in [5.41, 5.74) is 2.61. The molecule has 0 fully saturated rings. The Morgan fingerprint density at radius 3 is 2.69 bits per heavy atom. The van der Waals surface area contributed by atoms with Gasteiger partial charge in [-0.2, -0.15) is 4.31 Å². The lowest BCUT2D eigenvalue weighted by atomic mass is 10.2. The maximum absolute atomic E-state index is 12.7. The lowest BCUT2D eigenvalue weighted by Gasteiger charge is -2.19. The molecule has 2 aromatic rings.